The summed E-state index contributed by atoms with van der Waals surface area (Å²) in [6.07, 6.45) is 33.1. The highest BCUT2D eigenvalue weighted by Gasteiger charge is 2.28. The molecule has 0 spiro atoms. The molecule has 0 bridgehead atoms. The Labute approximate surface area is 594 Å². The summed E-state index contributed by atoms with van der Waals surface area (Å²) in [5.74, 6) is -2.49. The van der Waals surface area contributed by atoms with Crippen LogP contribution >= 0.6 is 22.7 Å². The first-order valence-electron chi connectivity index (χ1n) is 34.6. The van der Waals surface area contributed by atoms with E-state index in [0.717, 1.165) is 166 Å². The van der Waals surface area contributed by atoms with Crippen LogP contribution in [0.2, 0.25) is 0 Å². The van der Waals surface area contributed by atoms with Crippen molar-refractivity contribution in [2.75, 3.05) is 37.6 Å². The molecule has 1 amide bonds. The third kappa shape index (κ3) is 22.6. The predicted molar refractivity (Wildman–Crippen MR) is 391 cm³/mol. The number of esters is 3. The largest absolute Gasteiger partial charge is 0.478 e. The minimum atomic E-state index is -1.01. The third-order valence-corrected chi connectivity index (χ3v) is 18.6. The van der Waals surface area contributed by atoms with E-state index in [-0.39, 0.29) is 39.9 Å². The number of aryl methyl sites for hydroxylation is 5. The number of rotatable bonds is 7. The molecule has 27 heteroatoms. The Morgan fingerprint density at radius 2 is 0.950 bits per heavy atom. The molecule has 1 atom stereocenters. The number of carbonyl (C=O) groups excluding carboxylic acids is 5. The number of methoxy groups -OCH3 is 2. The highest BCUT2D eigenvalue weighted by molar-refractivity contribution is 7.15. The average molecular weight is 1420 g/mol. The van der Waals surface area contributed by atoms with E-state index in [1.54, 1.807) is 66.4 Å². The van der Waals surface area contributed by atoms with Crippen LogP contribution in [0.3, 0.4) is 0 Å². The Morgan fingerprint density at radius 1 is 0.535 bits per heavy atom. The molecule has 0 saturated heterocycles. The second-order valence-electron chi connectivity index (χ2n) is 24.2. The molecule has 1 fully saturated rings. The van der Waals surface area contributed by atoms with Crippen molar-refractivity contribution in [3.63, 3.8) is 0 Å². The van der Waals surface area contributed by atoms with Crippen molar-refractivity contribution in [1.29, 1.82) is 0 Å². The lowest BCUT2D eigenvalue weighted by Crippen LogP contribution is -2.27. The maximum Gasteiger partial charge on any atom is 0.338 e. The van der Waals surface area contributed by atoms with E-state index in [1.165, 1.54) is 95.5 Å². The maximum absolute atomic E-state index is 12.8. The van der Waals surface area contributed by atoms with E-state index in [4.69, 9.17) is 31.0 Å². The van der Waals surface area contributed by atoms with Gasteiger partial charge in [-0.3, -0.25) is 47.3 Å². The third-order valence-electron chi connectivity index (χ3n) is 17.0. The highest BCUT2D eigenvalue weighted by Crippen LogP contribution is 2.24. The van der Waals surface area contributed by atoms with Gasteiger partial charge in [-0.1, -0.05) is 71.6 Å². The summed E-state index contributed by atoms with van der Waals surface area (Å²) in [5.41, 5.74) is 18.6. The lowest BCUT2D eigenvalue weighted by molar-refractivity contribution is -0.152. The summed E-state index contributed by atoms with van der Waals surface area (Å²) in [4.78, 5) is 135. The van der Waals surface area contributed by atoms with Crippen LogP contribution < -0.4 is 33.5 Å². The molecule has 1 saturated carbocycles. The van der Waals surface area contributed by atoms with Gasteiger partial charge in [0.1, 0.15) is 34.5 Å². The summed E-state index contributed by atoms with van der Waals surface area (Å²) < 4.78 is 18.6. The Kier molecular flexibility index (Phi) is 30.9. The van der Waals surface area contributed by atoms with Crippen molar-refractivity contribution >= 4 is 91.3 Å². The molecule has 0 radical (unpaired) electrons. The smallest absolute Gasteiger partial charge is 0.338 e. The van der Waals surface area contributed by atoms with E-state index in [9.17, 15) is 43.2 Å². The number of carboxylic acids is 1. The van der Waals surface area contributed by atoms with Crippen molar-refractivity contribution in [3.05, 3.63) is 183 Å². The number of nitrogens with one attached hydrogen (secondary N) is 1. The van der Waals surface area contributed by atoms with Gasteiger partial charge in [-0.25, -0.2) is 44.3 Å². The fraction of sp³-hybridized carbons (Fsp3) is 0.446. The molecule has 13 rings (SSSR count). The number of anilines is 3. The lowest BCUT2D eigenvalue weighted by atomic mass is 9.90. The quantitative estimate of drug-likeness (QED) is 0.0654. The number of amides is 1. The van der Waals surface area contributed by atoms with Crippen molar-refractivity contribution in [3.8, 4) is 0 Å². The second-order valence-corrected chi connectivity index (χ2v) is 26.7. The second kappa shape index (κ2) is 39.8. The number of aromatic nitrogens is 9. The number of carbonyl (C=O) groups is 6. The molecular weight excluding hydrogens is 1330 g/mol. The Bertz CT molecular complexity index is 4500. The van der Waals surface area contributed by atoms with Crippen molar-refractivity contribution < 1.29 is 48.1 Å². The van der Waals surface area contributed by atoms with Crippen LogP contribution in [0.15, 0.2) is 100 Å². The number of fused-ring (bicyclic) bond motifs is 6. The number of hydrogen-bond acceptors (Lipinski definition) is 22. The molecule has 6 N–H and O–H groups in total. The number of ketones is 1. The van der Waals surface area contributed by atoms with Gasteiger partial charge in [0.2, 0.25) is 0 Å². The zero-order valence-corrected chi connectivity index (χ0v) is 60.3. The van der Waals surface area contributed by atoms with Gasteiger partial charge in [0.25, 0.3) is 22.6 Å². The van der Waals surface area contributed by atoms with Gasteiger partial charge >= 0.3 is 23.9 Å². The molecule has 9 heterocycles. The number of ether oxygens (including phenoxy) is 3. The minimum absolute atomic E-state index is 0.00518. The fourth-order valence-electron chi connectivity index (χ4n) is 11.9. The lowest BCUT2D eigenvalue weighted by Gasteiger charge is -2.16. The molecule has 101 heavy (non-hydrogen) atoms. The van der Waals surface area contributed by atoms with Gasteiger partial charge in [0.05, 0.1) is 54.6 Å². The molecule has 1 unspecified atom stereocenters. The molecule has 538 valence electrons. The van der Waals surface area contributed by atoms with Gasteiger partial charge in [-0.15, -0.1) is 22.7 Å². The van der Waals surface area contributed by atoms with Crippen LogP contribution in [0.4, 0.5) is 16.1 Å². The number of carboxylic acid groups (broad SMARTS) is 1. The van der Waals surface area contributed by atoms with Crippen LogP contribution in [-0.4, -0.2) is 105 Å². The Hall–Kier alpha value is -9.89. The fourth-order valence-corrected chi connectivity index (χ4v) is 13.1. The summed E-state index contributed by atoms with van der Waals surface area (Å²) >= 11 is 2.94. The molecule has 9 aromatic rings. The predicted octanol–water partition coefficient (Wildman–Crippen LogP) is 12.2. The first kappa shape index (κ1) is 78.4. The van der Waals surface area contributed by atoms with Crippen molar-refractivity contribution in [2.45, 2.75) is 189 Å². The number of aromatic carboxylic acids is 1. The van der Waals surface area contributed by atoms with E-state index >= 15 is 0 Å². The molecule has 25 nitrogen and oxygen atoms in total. The van der Waals surface area contributed by atoms with Gasteiger partial charge in [0, 0.05) is 75.6 Å². The molecule has 0 aromatic carbocycles. The number of nitrogens with zero attached hydrogens (tertiary/aromatic N) is 9. The minimum Gasteiger partial charge on any atom is -0.478 e. The number of Topliss-reactive ketones (excluding diaryl/α,β-unsaturated/α-hetero) is 1. The zero-order chi connectivity index (χ0) is 73.0. The maximum atomic E-state index is 12.8. The van der Waals surface area contributed by atoms with Crippen LogP contribution in [0.5, 0.6) is 0 Å². The van der Waals surface area contributed by atoms with Crippen molar-refractivity contribution in [2.24, 2.45) is 5.92 Å². The van der Waals surface area contributed by atoms with E-state index < -0.39 is 23.8 Å². The summed E-state index contributed by atoms with van der Waals surface area (Å²) in [6.45, 7) is 10.1. The van der Waals surface area contributed by atoms with Gasteiger partial charge in [0.15, 0.2) is 10.3 Å². The molecule has 0 aliphatic heterocycles. The molecular formula is C74H92N12O13S2. The van der Waals surface area contributed by atoms with E-state index in [0.29, 0.717) is 69.2 Å². The number of thiazole rings is 2. The normalized spacial score (nSPS) is 14.9. The number of pyridine rings is 4. The molecule has 4 aliphatic carbocycles. The topological polar surface area (TPSA) is 356 Å². The number of nitrogens with two attached hydrogens (primary N) is 2. The Morgan fingerprint density at radius 3 is 1.37 bits per heavy atom. The monoisotopic (exact) mass is 1420 g/mol. The van der Waals surface area contributed by atoms with E-state index in [1.807, 2.05) is 27.7 Å². The van der Waals surface area contributed by atoms with E-state index in [2.05, 4.69) is 35.0 Å². The summed E-state index contributed by atoms with van der Waals surface area (Å²) in [7, 11) is 2.66. The SMILES string of the molecule is CC.CCOC(=O)C1CCCCCCC1=O.COC(=O)c1ccn2c(=O)c3c(nc2c1)CCCCCC3.COC(=O)c1ccnc(N)c1.Cc1cnc(N)s1.Cc1cnc(NC(=O)c2ccn3c(=O)c4c(nc3c2)CCCCCC4)s1.O=C(O)c1ccn2c(=O)c3c(nc2c1)CCCCCC3. The summed E-state index contributed by atoms with van der Waals surface area (Å²) in [5, 5.41) is 13.0. The first-order valence-corrected chi connectivity index (χ1v) is 36.3. The first-order chi connectivity index (χ1) is 48.8. The van der Waals surface area contributed by atoms with Crippen LogP contribution in [0, 0.1) is 19.8 Å². The standard InChI is InChI=1S/C19H20N4O2S.C16H18N2O3.C15H16N2O3.C11H18O3.C7H8N2O2.C4H6N2S.C2H6/c1-12-11-20-19(26-12)22-17(24)13-8-9-23-16(10-13)21-15-7-5-3-2-4-6-14(15)18(23)25;1-21-16(20)11-8-9-18-14(10-11)17-13-7-5-3-2-4-6-12(13)15(18)19;18-14-11-5-3-1-2-4-6-12(11)16-13-9-10(15(19)20)7-8-17(13)14;1-2-14-11(13)9-7-5-3-4-6-8-10(9)12;1-11-7(10)5-2-3-9-6(8)4-5;1-3-2-6-4(5)7-3;1-2/h8-11H,2-7H2,1H3,(H,20,22,24);8-10H,2-7H2,1H3;7-9H,1-6H2,(H,19,20);9H,2-8H2,1H3;2-4H,1H3,(H2,8,9);2H,1H3,(H2,5,6);1-2H3. The van der Waals surface area contributed by atoms with Crippen LogP contribution in [0.25, 0.3) is 16.9 Å². The number of hydrogen-bond donors (Lipinski definition) is 4. The highest BCUT2D eigenvalue weighted by atomic mass is 32.1. The number of nitrogen functional groups attached to an aromatic ring is 2. The molecule has 9 aromatic heterocycles. The van der Waals surface area contributed by atoms with Gasteiger partial charge in [-0.05, 0) is 159 Å². The summed E-state index contributed by atoms with van der Waals surface area (Å²) in [6, 6.07) is 12.4. The van der Waals surface area contributed by atoms with Gasteiger partial charge < -0.3 is 30.8 Å². The van der Waals surface area contributed by atoms with Crippen molar-refractivity contribution in [1.82, 2.24) is 43.1 Å². The van der Waals surface area contributed by atoms with Crippen LogP contribution in [-0.2, 0) is 62.3 Å². The van der Waals surface area contributed by atoms with Crippen LogP contribution in [0.1, 0.15) is 221 Å². The zero-order valence-electron chi connectivity index (χ0n) is 58.7. The Balaban J connectivity index is 0.000000176. The average Bonchev–Trinajstić information content (AvgIpc) is 1.20. The molecule has 4 aliphatic rings. The van der Waals surface area contributed by atoms with Gasteiger partial charge in [-0.2, -0.15) is 0 Å².